The summed E-state index contributed by atoms with van der Waals surface area (Å²) >= 11 is 5.99. The lowest BCUT2D eigenvalue weighted by Crippen LogP contribution is -2.30. The Morgan fingerprint density at radius 1 is 1.50 bits per heavy atom. The number of halogens is 2. The summed E-state index contributed by atoms with van der Waals surface area (Å²) in [5, 5.41) is 0.422. The zero-order chi connectivity index (χ0) is 12.1. The number of rotatable bonds is 5. The van der Waals surface area contributed by atoms with Crippen LogP contribution in [-0.2, 0) is 0 Å². The van der Waals surface area contributed by atoms with Crippen LogP contribution in [0.3, 0.4) is 0 Å². The highest BCUT2D eigenvalue weighted by atomic mass is 35.5. The summed E-state index contributed by atoms with van der Waals surface area (Å²) in [4.78, 5) is 0. The van der Waals surface area contributed by atoms with Gasteiger partial charge in [0.05, 0.1) is 6.04 Å². The predicted molar refractivity (Wildman–Crippen MR) is 65.5 cm³/mol. The molecule has 0 radical (unpaired) electrons. The first-order valence-corrected chi connectivity index (χ1v) is 5.88. The maximum Gasteiger partial charge on any atom is 0.129 e. The van der Waals surface area contributed by atoms with E-state index in [0.29, 0.717) is 16.5 Å². The summed E-state index contributed by atoms with van der Waals surface area (Å²) in [6.07, 6.45) is 1.80. The molecule has 1 aromatic carbocycles. The van der Waals surface area contributed by atoms with Gasteiger partial charge in [-0.3, -0.25) is 11.3 Å². The largest absolute Gasteiger partial charge is 0.271 e. The van der Waals surface area contributed by atoms with Gasteiger partial charge in [-0.25, -0.2) is 4.39 Å². The number of hydrogen-bond donors (Lipinski definition) is 2. The van der Waals surface area contributed by atoms with E-state index in [9.17, 15) is 4.39 Å². The summed E-state index contributed by atoms with van der Waals surface area (Å²) in [7, 11) is 0. The molecule has 0 aliphatic carbocycles. The van der Waals surface area contributed by atoms with Gasteiger partial charge >= 0.3 is 0 Å². The molecule has 4 heteroatoms. The molecule has 0 fully saturated rings. The van der Waals surface area contributed by atoms with Crippen molar-refractivity contribution >= 4 is 11.6 Å². The van der Waals surface area contributed by atoms with Gasteiger partial charge in [0.2, 0.25) is 0 Å². The van der Waals surface area contributed by atoms with Crippen LogP contribution in [0.5, 0.6) is 0 Å². The first-order valence-electron chi connectivity index (χ1n) is 5.50. The maximum atomic E-state index is 13.7. The van der Waals surface area contributed by atoms with Crippen molar-refractivity contribution in [3.05, 3.63) is 34.6 Å². The van der Waals surface area contributed by atoms with E-state index in [4.69, 9.17) is 17.4 Å². The van der Waals surface area contributed by atoms with Crippen LogP contribution in [0.1, 0.15) is 38.3 Å². The van der Waals surface area contributed by atoms with Gasteiger partial charge in [-0.1, -0.05) is 37.9 Å². The molecule has 0 aliphatic heterocycles. The molecule has 0 heterocycles. The van der Waals surface area contributed by atoms with Crippen molar-refractivity contribution in [1.29, 1.82) is 0 Å². The molecule has 0 saturated heterocycles. The number of benzene rings is 1. The van der Waals surface area contributed by atoms with Crippen LogP contribution in [0.25, 0.3) is 0 Å². The molecule has 1 rings (SSSR count). The smallest absolute Gasteiger partial charge is 0.129 e. The van der Waals surface area contributed by atoms with Crippen LogP contribution >= 0.6 is 11.6 Å². The minimum atomic E-state index is -0.307. The Kier molecular flexibility index (Phi) is 5.19. The van der Waals surface area contributed by atoms with Crippen molar-refractivity contribution in [3.8, 4) is 0 Å². The van der Waals surface area contributed by atoms with E-state index in [1.165, 1.54) is 6.07 Å². The van der Waals surface area contributed by atoms with E-state index in [1.807, 2.05) is 0 Å². The van der Waals surface area contributed by atoms with Gasteiger partial charge in [0.15, 0.2) is 0 Å². The average Bonchev–Trinajstić information content (AvgIpc) is 2.27. The van der Waals surface area contributed by atoms with Gasteiger partial charge in [0.25, 0.3) is 0 Å². The molecule has 90 valence electrons. The van der Waals surface area contributed by atoms with Gasteiger partial charge in [-0.05, 0) is 24.5 Å². The van der Waals surface area contributed by atoms with Crippen LogP contribution in [0.4, 0.5) is 4.39 Å². The molecule has 2 nitrogen and oxygen atoms in total. The molecule has 0 saturated carbocycles. The van der Waals surface area contributed by atoms with E-state index >= 15 is 0 Å². The summed E-state index contributed by atoms with van der Waals surface area (Å²) < 4.78 is 13.7. The number of hydrazine groups is 1. The monoisotopic (exact) mass is 244 g/mol. The van der Waals surface area contributed by atoms with Gasteiger partial charge < -0.3 is 0 Å². The highest BCUT2D eigenvalue weighted by Gasteiger charge is 2.19. The summed E-state index contributed by atoms with van der Waals surface area (Å²) in [5.41, 5.74) is 3.11. The molecule has 0 spiro atoms. The molecule has 0 bridgehead atoms. The normalized spacial score (nSPS) is 14.8. The second kappa shape index (κ2) is 6.18. The Morgan fingerprint density at radius 3 is 2.69 bits per heavy atom. The van der Waals surface area contributed by atoms with E-state index in [-0.39, 0.29) is 11.9 Å². The second-order valence-electron chi connectivity index (χ2n) is 4.10. The molecule has 3 N–H and O–H groups in total. The molecule has 16 heavy (non-hydrogen) atoms. The fourth-order valence-electron chi connectivity index (χ4n) is 1.68. The third-order valence-electron chi connectivity index (χ3n) is 2.88. The molecule has 0 aliphatic rings. The average molecular weight is 245 g/mol. The number of hydrogen-bond acceptors (Lipinski definition) is 2. The second-order valence-corrected chi connectivity index (χ2v) is 4.51. The lowest BCUT2D eigenvalue weighted by Gasteiger charge is -2.21. The fourth-order valence-corrected chi connectivity index (χ4v) is 1.98. The Labute approximate surface area is 101 Å². The maximum absolute atomic E-state index is 13.7. The van der Waals surface area contributed by atoms with Crippen LogP contribution in [-0.4, -0.2) is 0 Å². The first-order chi connectivity index (χ1) is 7.60. The topological polar surface area (TPSA) is 38.0 Å². The minimum Gasteiger partial charge on any atom is -0.271 e. The molecule has 2 unspecified atom stereocenters. The van der Waals surface area contributed by atoms with E-state index < -0.39 is 0 Å². The lowest BCUT2D eigenvalue weighted by atomic mass is 9.94. The summed E-state index contributed by atoms with van der Waals surface area (Å²) in [6, 6.07) is 4.45. The van der Waals surface area contributed by atoms with Crippen LogP contribution < -0.4 is 11.3 Å². The van der Waals surface area contributed by atoms with Crippen LogP contribution in [0, 0.1) is 11.7 Å². The SMILES string of the molecule is CCC(C)CC(NN)c1c(F)cccc1Cl. The lowest BCUT2D eigenvalue weighted by molar-refractivity contribution is 0.397. The predicted octanol–water partition coefficient (Wildman–Crippen LogP) is 3.42. The Balaban J connectivity index is 2.94. The van der Waals surface area contributed by atoms with Gasteiger partial charge in [0.1, 0.15) is 5.82 Å². The van der Waals surface area contributed by atoms with Gasteiger partial charge in [-0.2, -0.15) is 0 Å². The van der Waals surface area contributed by atoms with Crippen LogP contribution in [0.15, 0.2) is 18.2 Å². The van der Waals surface area contributed by atoms with Crippen molar-refractivity contribution in [2.75, 3.05) is 0 Å². The highest BCUT2D eigenvalue weighted by Crippen LogP contribution is 2.30. The standard InChI is InChI=1S/C12H18ClFN2/c1-3-8(2)7-11(16-15)12-9(13)5-4-6-10(12)14/h4-6,8,11,16H,3,7,15H2,1-2H3. The molecule has 2 atom stereocenters. The quantitative estimate of drug-likeness (QED) is 0.615. The number of nitrogens with one attached hydrogen (secondary N) is 1. The zero-order valence-corrected chi connectivity index (χ0v) is 10.4. The minimum absolute atomic E-state index is 0.233. The van der Waals surface area contributed by atoms with E-state index in [0.717, 1.165) is 12.8 Å². The van der Waals surface area contributed by atoms with Crippen molar-refractivity contribution < 1.29 is 4.39 Å². The molecular formula is C12H18ClFN2. The van der Waals surface area contributed by atoms with Crippen molar-refractivity contribution in [2.24, 2.45) is 11.8 Å². The molecule has 1 aromatic rings. The van der Waals surface area contributed by atoms with E-state index in [1.54, 1.807) is 12.1 Å². The zero-order valence-electron chi connectivity index (χ0n) is 9.63. The van der Waals surface area contributed by atoms with Gasteiger partial charge in [-0.15, -0.1) is 0 Å². The fraction of sp³-hybridized carbons (Fsp3) is 0.500. The first kappa shape index (κ1) is 13.4. The van der Waals surface area contributed by atoms with Crippen molar-refractivity contribution in [3.63, 3.8) is 0 Å². The van der Waals surface area contributed by atoms with Crippen LogP contribution in [0.2, 0.25) is 5.02 Å². The van der Waals surface area contributed by atoms with Crippen molar-refractivity contribution in [2.45, 2.75) is 32.7 Å². The third-order valence-corrected chi connectivity index (χ3v) is 3.21. The van der Waals surface area contributed by atoms with Crippen molar-refractivity contribution in [1.82, 2.24) is 5.43 Å². The molecule has 0 aromatic heterocycles. The molecule has 0 amide bonds. The Hall–Kier alpha value is -0.640. The Morgan fingerprint density at radius 2 is 2.19 bits per heavy atom. The Bertz CT molecular complexity index is 324. The van der Waals surface area contributed by atoms with E-state index in [2.05, 4.69) is 19.3 Å². The summed E-state index contributed by atoms with van der Waals surface area (Å²) in [6.45, 7) is 4.21. The number of nitrogens with two attached hydrogens (primary N) is 1. The molecular weight excluding hydrogens is 227 g/mol. The third kappa shape index (κ3) is 3.17. The highest BCUT2D eigenvalue weighted by molar-refractivity contribution is 6.31. The summed E-state index contributed by atoms with van der Waals surface area (Å²) in [5.74, 6) is 5.63. The van der Waals surface area contributed by atoms with Gasteiger partial charge in [0, 0.05) is 10.6 Å².